The average molecular weight is 298 g/mol. The highest BCUT2D eigenvalue weighted by molar-refractivity contribution is 7.14. The highest BCUT2D eigenvalue weighted by atomic mass is 32.1. The first kappa shape index (κ1) is 13.2. The molecular formula is C16H14N2S2. The lowest BCUT2D eigenvalue weighted by Gasteiger charge is -1.90. The zero-order chi connectivity index (χ0) is 13.8. The molecule has 0 aliphatic heterocycles. The predicted octanol–water partition coefficient (Wildman–Crippen LogP) is 5.00. The second kappa shape index (κ2) is 6.11. The van der Waals surface area contributed by atoms with Crippen molar-refractivity contribution in [3.8, 4) is 10.7 Å². The molecule has 0 aliphatic rings. The number of hydrogen-bond donors (Lipinski definition) is 0. The van der Waals surface area contributed by atoms with E-state index in [0.29, 0.717) is 0 Å². The van der Waals surface area contributed by atoms with Crippen LogP contribution in [-0.4, -0.2) is 9.97 Å². The lowest BCUT2D eigenvalue weighted by molar-refractivity contribution is 1.09. The van der Waals surface area contributed by atoms with Crippen LogP contribution in [0.4, 0.5) is 0 Å². The Kier molecular flexibility index (Phi) is 4.04. The molecule has 1 aromatic carbocycles. The summed E-state index contributed by atoms with van der Waals surface area (Å²) >= 11 is 3.34. The number of aromatic nitrogens is 2. The van der Waals surface area contributed by atoms with Gasteiger partial charge in [0.05, 0.1) is 10.7 Å². The maximum Gasteiger partial charge on any atom is 0.143 e. The van der Waals surface area contributed by atoms with E-state index >= 15 is 0 Å². The summed E-state index contributed by atoms with van der Waals surface area (Å²) in [6, 6.07) is 10.3. The molecule has 0 bridgehead atoms. The molecule has 0 radical (unpaired) electrons. The first-order valence-corrected chi connectivity index (χ1v) is 8.24. The minimum Gasteiger partial charge on any atom is -0.239 e. The van der Waals surface area contributed by atoms with Gasteiger partial charge in [0, 0.05) is 10.8 Å². The minimum absolute atomic E-state index is 0.983. The molecular weight excluding hydrogens is 284 g/mol. The molecule has 0 saturated heterocycles. The fourth-order valence-corrected chi connectivity index (χ4v) is 3.35. The van der Waals surface area contributed by atoms with E-state index in [1.807, 2.05) is 24.3 Å². The van der Waals surface area contributed by atoms with Crippen LogP contribution < -0.4 is 0 Å². The Morgan fingerprint density at radius 2 is 1.85 bits per heavy atom. The second-order valence-electron chi connectivity index (χ2n) is 4.30. The van der Waals surface area contributed by atoms with Gasteiger partial charge in [-0.05, 0) is 18.1 Å². The Bertz CT molecular complexity index is 711. The van der Waals surface area contributed by atoms with E-state index in [9.17, 15) is 0 Å². The zero-order valence-corrected chi connectivity index (χ0v) is 12.7. The molecule has 0 spiro atoms. The summed E-state index contributed by atoms with van der Waals surface area (Å²) in [6.45, 7) is 2.12. The van der Waals surface area contributed by atoms with E-state index in [0.717, 1.165) is 27.8 Å². The van der Waals surface area contributed by atoms with E-state index in [4.69, 9.17) is 0 Å². The van der Waals surface area contributed by atoms with Crippen molar-refractivity contribution in [1.82, 2.24) is 9.97 Å². The highest BCUT2D eigenvalue weighted by Crippen LogP contribution is 2.26. The fourth-order valence-electron chi connectivity index (χ4n) is 1.80. The largest absolute Gasteiger partial charge is 0.239 e. The van der Waals surface area contributed by atoms with E-state index in [-0.39, 0.29) is 0 Å². The molecule has 3 aromatic rings. The van der Waals surface area contributed by atoms with Gasteiger partial charge in [-0.3, -0.25) is 0 Å². The number of thiazole rings is 2. The molecule has 20 heavy (non-hydrogen) atoms. The summed E-state index contributed by atoms with van der Waals surface area (Å²) in [5.41, 5.74) is 3.17. The van der Waals surface area contributed by atoms with Gasteiger partial charge < -0.3 is 0 Å². The predicted molar refractivity (Wildman–Crippen MR) is 88.0 cm³/mol. The normalized spacial score (nSPS) is 11.2. The van der Waals surface area contributed by atoms with Crippen LogP contribution in [-0.2, 0) is 6.42 Å². The summed E-state index contributed by atoms with van der Waals surface area (Å²) in [5.74, 6) is 0. The third kappa shape index (κ3) is 3.03. The quantitative estimate of drug-likeness (QED) is 0.677. The van der Waals surface area contributed by atoms with E-state index in [2.05, 4.69) is 45.9 Å². The monoisotopic (exact) mass is 298 g/mol. The molecule has 0 atom stereocenters. The smallest absolute Gasteiger partial charge is 0.143 e. The van der Waals surface area contributed by atoms with Crippen LogP contribution in [0.5, 0.6) is 0 Å². The molecule has 0 fully saturated rings. The van der Waals surface area contributed by atoms with Crippen LogP contribution in [0, 0.1) is 0 Å². The van der Waals surface area contributed by atoms with E-state index in [1.54, 1.807) is 22.7 Å². The van der Waals surface area contributed by atoms with Crippen LogP contribution in [0.3, 0.4) is 0 Å². The molecule has 0 saturated carbocycles. The number of aryl methyl sites for hydroxylation is 1. The van der Waals surface area contributed by atoms with Crippen LogP contribution in [0.25, 0.3) is 22.9 Å². The number of rotatable bonds is 4. The van der Waals surface area contributed by atoms with Crippen molar-refractivity contribution in [2.75, 3.05) is 0 Å². The molecule has 2 nitrogen and oxygen atoms in total. The van der Waals surface area contributed by atoms with Gasteiger partial charge in [0.15, 0.2) is 0 Å². The summed E-state index contributed by atoms with van der Waals surface area (Å²) in [5, 5.41) is 6.31. The van der Waals surface area contributed by atoms with Gasteiger partial charge in [-0.25, -0.2) is 9.97 Å². The lowest BCUT2D eigenvalue weighted by atomic mass is 10.2. The Balaban J connectivity index is 1.78. The second-order valence-corrected chi connectivity index (χ2v) is 6.10. The number of nitrogens with zero attached hydrogens (tertiary/aromatic N) is 2. The SMILES string of the molecule is CCc1nc(-c2nc(/C=C/c3ccccc3)cs2)cs1. The molecule has 0 aliphatic carbocycles. The van der Waals surface area contributed by atoms with E-state index < -0.39 is 0 Å². The average Bonchev–Trinajstić information content (AvgIpc) is 3.15. The summed E-state index contributed by atoms with van der Waals surface area (Å²) in [7, 11) is 0. The Morgan fingerprint density at radius 3 is 2.60 bits per heavy atom. The lowest BCUT2D eigenvalue weighted by Crippen LogP contribution is -1.80. The maximum atomic E-state index is 4.62. The van der Waals surface area contributed by atoms with Gasteiger partial charge in [0.1, 0.15) is 10.7 Å². The Labute approximate surface area is 126 Å². The third-order valence-electron chi connectivity index (χ3n) is 2.84. The molecule has 100 valence electrons. The van der Waals surface area contributed by atoms with Crippen LogP contribution in [0.15, 0.2) is 41.1 Å². The Morgan fingerprint density at radius 1 is 1.00 bits per heavy atom. The number of benzene rings is 1. The first-order valence-electron chi connectivity index (χ1n) is 6.48. The van der Waals surface area contributed by atoms with Crippen molar-refractivity contribution in [2.24, 2.45) is 0 Å². The molecule has 0 amide bonds. The fraction of sp³-hybridized carbons (Fsp3) is 0.125. The Hall–Kier alpha value is -1.78. The molecule has 4 heteroatoms. The molecule has 0 N–H and O–H groups in total. The highest BCUT2D eigenvalue weighted by Gasteiger charge is 2.07. The molecule has 3 rings (SSSR count). The van der Waals surface area contributed by atoms with Gasteiger partial charge in [0.2, 0.25) is 0 Å². The zero-order valence-electron chi connectivity index (χ0n) is 11.1. The van der Waals surface area contributed by atoms with Gasteiger partial charge in [0.25, 0.3) is 0 Å². The summed E-state index contributed by atoms with van der Waals surface area (Å²) in [4.78, 5) is 9.19. The molecule has 2 aromatic heterocycles. The van der Waals surface area contributed by atoms with Crippen LogP contribution in [0.1, 0.15) is 23.2 Å². The van der Waals surface area contributed by atoms with Crippen molar-refractivity contribution >= 4 is 34.8 Å². The molecule has 0 unspecified atom stereocenters. The molecule has 2 heterocycles. The van der Waals surface area contributed by atoms with Gasteiger partial charge in [-0.1, -0.05) is 43.3 Å². The first-order chi connectivity index (χ1) is 9.85. The summed E-state index contributed by atoms with van der Waals surface area (Å²) < 4.78 is 0. The van der Waals surface area contributed by atoms with Crippen molar-refractivity contribution in [3.63, 3.8) is 0 Å². The van der Waals surface area contributed by atoms with Gasteiger partial charge in [-0.2, -0.15) is 0 Å². The minimum atomic E-state index is 0.983. The van der Waals surface area contributed by atoms with Crippen molar-refractivity contribution < 1.29 is 0 Å². The van der Waals surface area contributed by atoms with Crippen LogP contribution in [0.2, 0.25) is 0 Å². The van der Waals surface area contributed by atoms with Crippen LogP contribution >= 0.6 is 22.7 Å². The van der Waals surface area contributed by atoms with Gasteiger partial charge in [-0.15, -0.1) is 22.7 Å². The van der Waals surface area contributed by atoms with E-state index in [1.165, 1.54) is 5.56 Å². The van der Waals surface area contributed by atoms with Crippen molar-refractivity contribution in [2.45, 2.75) is 13.3 Å². The van der Waals surface area contributed by atoms with Gasteiger partial charge >= 0.3 is 0 Å². The standard InChI is InChI=1S/C16H14N2S2/c1-2-15-18-14(11-19-15)16-17-13(10-20-16)9-8-12-6-4-3-5-7-12/h3-11H,2H2,1H3/b9-8+. The third-order valence-corrected chi connectivity index (χ3v) is 4.72. The number of hydrogen-bond acceptors (Lipinski definition) is 4. The summed E-state index contributed by atoms with van der Waals surface area (Å²) in [6.07, 6.45) is 5.11. The van der Waals surface area contributed by atoms with Crippen molar-refractivity contribution in [3.05, 3.63) is 57.4 Å². The van der Waals surface area contributed by atoms with Crippen molar-refractivity contribution in [1.29, 1.82) is 0 Å². The maximum absolute atomic E-state index is 4.62. The topological polar surface area (TPSA) is 25.8 Å².